The Bertz CT molecular complexity index is 1170. The second-order valence-electron chi connectivity index (χ2n) is 13.5. The van der Waals surface area contributed by atoms with E-state index in [0.29, 0.717) is 13.0 Å². The van der Waals surface area contributed by atoms with Crippen molar-refractivity contribution < 1.29 is 19.2 Å². The van der Waals surface area contributed by atoms with Crippen molar-refractivity contribution in [2.45, 2.75) is 111 Å². The summed E-state index contributed by atoms with van der Waals surface area (Å²) >= 11 is 0. The number of aryl methyl sites for hydroxylation is 4. The van der Waals surface area contributed by atoms with Crippen molar-refractivity contribution in [1.29, 1.82) is 0 Å². The van der Waals surface area contributed by atoms with Crippen LogP contribution < -0.4 is 10.6 Å². The molecule has 3 rings (SSSR count). The van der Waals surface area contributed by atoms with Gasteiger partial charge in [0, 0.05) is 24.4 Å². The standard InChI is InChI=1S/C38H60N4O3/c1-6-7-13-25-42(27-17-28-43,29-35(44)39-36-30(2)18-15-19-31(36)3)26-14-9-8-11-23-41-24-12-10-22-34(41)38(45)40-37-32(4)20-16-21-33(37)5/h15-16,18-21,34,43H,6-14,17,22-29H2,1-5H3,(H-,39,40,44,45)/p+1. The molecule has 1 saturated heterocycles. The second-order valence-corrected chi connectivity index (χ2v) is 13.5. The highest BCUT2D eigenvalue weighted by molar-refractivity contribution is 5.96. The average molecular weight is 622 g/mol. The summed E-state index contributed by atoms with van der Waals surface area (Å²) < 4.78 is 0.740. The Labute approximate surface area is 273 Å². The normalized spacial score (nSPS) is 16.7. The minimum atomic E-state index is -0.0606. The van der Waals surface area contributed by atoms with Gasteiger partial charge in [-0.15, -0.1) is 0 Å². The van der Waals surface area contributed by atoms with Crippen LogP contribution in [0.2, 0.25) is 0 Å². The molecule has 0 aromatic heterocycles. The fourth-order valence-electron chi connectivity index (χ4n) is 7.06. The van der Waals surface area contributed by atoms with Gasteiger partial charge < -0.3 is 20.2 Å². The third-order valence-electron chi connectivity index (χ3n) is 9.72. The Morgan fingerprint density at radius 1 is 0.778 bits per heavy atom. The molecule has 1 fully saturated rings. The maximum atomic E-state index is 13.4. The summed E-state index contributed by atoms with van der Waals surface area (Å²) in [6.07, 6.45) is 11.7. The number of nitrogens with zero attached hydrogens (tertiary/aromatic N) is 2. The lowest BCUT2D eigenvalue weighted by molar-refractivity contribution is -0.921. The van der Waals surface area contributed by atoms with Gasteiger partial charge in [0.15, 0.2) is 6.54 Å². The predicted molar refractivity (Wildman–Crippen MR) is 188 cm³/mol. The van der Waals surface area contributed by atoms with Crippen LogP contribution in [-0.4, -0.2) is 78.2 Å². The molecule has 2 aromatic rings. The Balaban J connectivity index is 1.55. The highest BCUT2D eigenvalue weighted by Crippen LogP contribution is 2.24. The molecule has 45 heavy (non-hydrogen) atoms. The van der Waals surface area contributed by atoms with Crippen molar-refractivity contribution in [2.24, 2.45) is 0 Å². The van der Waals surface area contributed by atoms with Crippen LogP contribution in [0.15, 0.2) is 36.4 Å². The van der Waals surface area contributed by atoms with Crippen LogP contribution in [0.5, 0.6) is 0 Å². The molecule has 7 nitrogen and oxygen atoms in total. The number of rotatable bonds is 19. The Kier molecular flexibility index (Phi) is 15.5. The zero-order chi connectivity index (χ0) is 32.7. The predicted octanol–water partition coefficient (Wildman–Crippen LogP) is 7.30. The zero-order valence-corrected chi connectivity index (χ0v) is 28.9. The van der Waals surface area contributed by atoms with Crippen molar-refractivity contribution >= 4 is 23.2 Å². The fraction of sp³-hybridized carbons (Fsp3) is 0.632. The topological polar surface area (TPSA) is 81.7 Å². The fourth-order valence-corrected chi connectivity index (χ4v) is 7.06. The molecule has 3 N–H and O–H groups in total. The van der Waals surface area contributed by atoms with Gasteiger partial charge in [-0.1, -0.05) is 62.6 Å². The van der Waals surface area contributed by atoms with Gasteiger partial charge in [0.05, 0.1) is 25.7 Å². The number of amides is 2. The second kappa shape index (κ2) is 19.0. The van der Waals surface area contributed by atoms with E-state index < -0.39 is 0 Å². The van der Waals surface area contributed by atoms with E-state index in [-0.39, 0.29) is 24.5 Å². The molecule has 7 heteroatoms. The lowest BCUT2D eigenvalue weighted by Crippen LogP contribution is -2.54. The summed E-state index contributed by atoms with van der Waals surface area (Å²) in [4.78, 5) is 29.2. The number of quaternary nitrogens is 1. The first-order chi connectivity index (χ1) is 21.7. The smallest absolute Gasteiger partial charge is 0.279 e. The van der Waals surface area contributed by atoms with E-state index in [1.54, 1.807) is 0 Å². The summed E-state index contributed by atoms with van der Waals surface area (Å²) in [5.74, 6) is 0.196. The molecule has 0 bridgehead atoms. The molecule has 0 radical (unpaired) electrons. The lowest BCUT2D eigenvalue weighted by atomic mass is 10.00. The number of piperidine rings is 1. The maximum absolute atomic E-state index is 13.4. The van der Waals surface area contributed by atoms with Crippen molar-refractivity contribution in [3.8, 4) is 0 Å². The number of aliphatic hydroxyl groups is 1. The number of anilines is 2. The van der Waals surface area contributed by atoms with Crippen LogP contribution in [0, 0.1) is 27.7 Å². The van der Waals surface area contributed by atoms with E-state index in [1.165, 1.54) is 0 Å². The minimum absolute atomic E-state index is 0.0606. The molecule has 1 aliphatic rings. The lowest BCUT2D eigenvalue weighted by Gasteiger charge is -2.38. The number of carbonyl (C=O) groups is 2. The average Bonchev–Trinajstić information content (AvgIpc) is 3.02. The number of benzene rings is 2. The monoisotopic (exact) mass is 621 g/mol. The number of aliphatic hydroxyl groups excluding tert-OH is 1. The first-order valence-electron chi connectivity index (χ1n) is 17.6. The number of hydrogen-bond acceptors (Lipinski definition) is 4. The molecule has 250 valence electrons. The molecular weight excluding hydrogens is 560 g/mol. The number of likely N-dealkylation sites (tertiary alicyclic amines) is 1. The number of carbonyl (C=O) groups excluding carboxylic acids is 2. The van der Waals surface area contributed by atoms with Gasteiger partial charge in [-0.25, -0.2) is 0 Å². The van der Waals surface area contributed by atoms with Gasteiger partial charge in [0.2, 0.25) is 5.91 Å². The van der Waals surface area contributed by atoms with Crippen LogP contribution in [0.1, 0.15) is 99.8 Å². The molecule has 2 atom stereocenters. The van der Waals surface area contributed by atoms with Crippen LogP contribution in [-0.2, 0) is 9.59 Å². The van der Waals surface area contributed by atoms with Gasteiger partial charge in [-0.05, 0) is 108 Å². The summed E-state index contributed by atoms with van der Waals surface area (Å²) in [5, 5.41) is 16.2. The summed E-state index contributed by atoms with van der Waals surface area (Å²) in [6.45, 7) is 15.7. The van der Waals surface area contributed by atoms with Crippen LogP contribution in [0.3, 0.4) is 0 Å². The first kappa shape index (κ1) is 36.7. The van der Waals surface area contributed by atoms with Crippen molar-refractivity contribution in [1.82, 2.24) is 4.90 Å². The minimum Gasteiger partial charge on any atom is -0.396 e. The molecule has 0 saturated carbocycles. The van der Waals surface area contributed by atoms with Gasteiger partial charge in [0.25, 0.3) is 5.91 Å². The molecule has 2 amide bonds. The highest BCUT2D eigenvalue weighted by Gasteiger charge is 2.31. The van der Waals surface area contributed by atoms with Crippen LogP contribution in [0.25, 0.3) is 0 Å². The maximum Gasteiger partial charge on any atom is 0.279 e. The van der Waals surface area contributed by atoms with Crippen molar-refractivity contribution in [2.75, 3.05) is 56.5 Å². The van der Waals surface area contributed by atoms with Crippen LogP contribution in [0.4, 0.5) is 11.4 Å². The van der Waals surface area contributed by atoms with E-state index >= 15 is 0 Å². The molecular formula is C38H61N4O3+. The first-order valence-corrected chi connectivity index (χ1v) is 17.6. The van der Waals surface area contributed by atoms with Crippen molar-refractivity contribution in [3.05, 3.63) is 58.7 Å². The van der Waals surface area contributed by atoms with Crippen molar-refractivity contribution in [3.63, 3.8) is 0 Å². The number of hydrogen-bond donors (Lipinski definition) is 3. The van der Waals surface area contributed by atoms with E-state index in [4.69, 9.17) is 0 Å². The molecule has 1 heterocycles. The van der Waals surface area contributed by atoms with E-state index in [2.05, 4.69) is 48.4 Å². The number of para-hydroxylation sites is 2. The molecule has 0 spiro atoms. The van der Waals surface area contributed by atoms with E-state index in [9.17, 15) is 14.7 Å². The van der Waals surface area contributed by atoms with E-state index in [0.717, 1.165) is 135 Å². The SMILES string of the molecule is CCCCC[N+](CCCO)(CCCCCCN1CCCCC1C(=O)Nc1c(C)cccc1C)CC(=O)Nc1c(C)cccc1C. The zero-order valence-electron chi connectivity index (χ0n) is 28.9. The Hall–Kier alpha value is -2.74. The quantitative estimate of drug-likeness (QED) is 0.114. The molecule has 1 aliphatic heterocycles. The summed E-state index contributed by atoms with van der Waals surface area (Å²) in [6, 6.07) is 12.2. The molecule has 0 aliphatic carbocycles. The molecule has 2 unspecified atom stereocenters. The molecule has 2 aromatic carbocycles. The highest BCUT2D eigenvalue weighted by atomic mass is 16.3. The third kappa shape index (κ3) is 11.5. The largest absolute Gasteiger partial charge is 0.396 e. The van der Waals surface area contributed by atoms with Gasteiger partial charge in [-0.2, -0.15) is 0 Å². The summed E-state index contributed by atoms with van der Waals surface area (Å²) in [5.41, 5.74) is 6.27. The van der Waals surface area contributed by atoms with Gasteiger partial charge in [-0.3, -0.25) is 14.5 Å². The van der Waals surface area contributed by atoms with Gasteiger partial charge >= 0.3 is 0 Å². The number of unbranched alkanes of at least 4 members (excludes halogenated alkanes) is 5. The summed E-state index contributed by atoms with van der Waals surface area (Å²) in [7, 11) is 0. The third-order valence-corrected chi connectivity index (χ3v) is 9.72. The number of nitrogens with one attached hydrogen (secondary N) is 2. The Morgan fingerprint density at radius 3 is 1.93 bits per heavy atom. The Morgan fingerprint density at radius 2 is 1.33 bits per heavy atom. The van der Waals surface area contributed by atoms with Gasteiger partial charge in [0.1, 0.15) is 0 Å². The van der Waals surface area contributed by atoms with E-state index in [1.807, 2.05) is 38.1 Å². The van der Waals surface area contributed by atoms with Crippen LogP contribution >= 0.6 is 0 Å².